The van der Waals surface area contributed by atoms with E-state index in [1.54, 1.807) is 4.90 Å². The maximum absolute atomic E-state index is 13.0. The number of hydrogen-bond donors (Lipinski definition) is 2. The number of ether oxygens (including phenoxy) is 1. The number of carboxylic acids is 1. The second-order valence-corrected chi connectivity index (χ2v) is 10.2. The number of likely N-dealkylation sites (tertiary alicyclic amines) is 1. The Morgan fingerprint density at radius 2 is 1.65 bits per heavy atom. The molecular weight excluding hydrogens is 452 g/mol. The van der Waals surface area contributed by atoms with E-state index in [9.17, 15) is 19.5 Å². The first-order chi connectivity index (χ1) is 16.5. The van der Waals surface area contributed by atoms with Gasteiger partial charge in [0.25, 0.3) is 0 Å². The molecular formula is C26H30N2O5S. The van der Waals surface area contributed by atoms with Crippen molar-refractivity contribution in [3.05, 3.63) is 59.7 Å². The van der Waals surface area contributed by atoms with E-state index in [2.05, 4.69) is 24.4 Å². The van der Waals surface area contributed by atoms with Crippen LogP contribution in [0.2, 0.25) is 0 Å². The number of carboxylic acid groups (broad SMARTS) is 1. The van der Waals surface area contributed by atoms with Gasteiger partial charge in [0.1, 0.15) is 12.6 Å². The van der Waals surface area contributed by atoms with Crippen molar-refractivity contribution in [2.75, 3.05) is 25.4 Å². The fourth-order valence-electron chi connectivity index (χ4n) is 4.86. The Bertz CT molecular complexity index is 1010. The number of thioether (sulfide) groups is 1. The van der Waals surface area contributed by atoms with E-state index in [0.29, 0.717) is 18.3 Å². The van der Waals surface area contributed by atoms with Gasteiger partial charge >= 0.3 is 12.1 Å². The van der Waals surface area contributed by atoms with Crippen molar-refractivity contribution in [1.82, 2.24) is 10.2 Å². The number of alkyl carbamates (subject to hydrolysis) is 1. The van der Waals surface area contributed by atoms with Gasteiger partial charge in [-0.2, -0.15) is 11.8 Å². The van der Waals surface area contributed by atoms with Crippen molar-refractivity contribution in [2.24, 2.45) is 0 Å². The van der Waals surface area contributed by atoms with Crippen LogP contribution in [0.3, 0.4) is 0 Å². The Balaban J connectivity index is 1.38. The molecule has 1 aliphatic heterocycles. The molecule has 1 atom stereocenters. The standard InChI is InChI=1S/C26H30N2O5S/c1-2-34-17-11-13-28(14-12-17)25(31)23(15-24(29)30)27-26(32)33-16-22-20-9-5-3-7-18(20)19-8-4-6-10-21(19)22/h3-10,17,22-23H,2,11-16H2,1H3,(H,27,32)(H,29,30). The normalized spacial score (nSPS) is 16.4. The number of benzene rings is 2. The molecule has 34 heavy (non-hydrogen) atoms. The smallest absolute Gasteiger partial charge is 0.407 e. The third-order valence-corrected chi connectivity index (χ3v) is 7.74. The summed E-state index contributed by atoms with van der Waals surface area (Å²) in [4.78, 5) is 38.7. The van der Waals surface area contributed by atoms with Crippen LogP contribution >= 0.6 is 11.8 Å². The number of hydrogen-bond acceptors (Lipinski definition) is 5. The SMILES string of the molecule is CCSC1CCN(C(=O)C(CC(=O)O)NC(=O)OCC2c3ccccc3-c3ccccc32)CC1. The molecule has 4 rings (SSSR count). The summed E-state index contributed by atoms with van der Waals surface area (Å²) in [5.74, 6) is -0.588. The fraction of sp³-hybridized carbons (Fsp3) is 0.423. The maximum atomic E-state index is 13.0. The molecule has 7 nitrogen and oxygen atoms in total. The van der Waals surface area contributed by atoms with Crippen LogP contribution in [-0.2, 0) is 14.3 Å². The fourth-order valence-corrected chi connectivity index (χ4v) is 5.87. The summed E-state index contributed by atoms with van der Waals surface area (Å²) >= 11 is 1.88. The first-order valence-corrected chi connectivity index (χ1v) is 12.8. The molecule has 0 aromatic heterocycles. The van der Waals surface area contributed by atoms with Gasteiger partial charge in [-0.1, -0.05) is 55.5 Å². The van der Waals surface area contributed by atoms with Gasteiger partial charge in [-0.3, -0.25) is 9.59 Å². The van der Waals surface area contributed by atoms with Crippen LogP contribution in [0.15, 0.2) is 48.5 Å². The predicted molar refractivity (Wildman–Crippen MR) is 132 cm³/mol. The van der Waals surface area contributed by atoms with E-state index < -0.39 is 24.5 Å². The van der Waals surface area contributed by atoms with Crippen LogP contribution in [0, 0.1) is 0 Å². The highest BCUT2D eigenvalue weighted by Gasteiger charge is 2.33. The van der Waals surface area contributed by atoms with E-state index >= 15 is 0 Å². The molecule has 0 radical (unpaired) electrons. The summed E-state index contributed by atoms with van der Waals surface area (Å²) in [6.45, 7) is 3.36. The highest BCUT2D eigenvalue weighted by Crippen LogP contribution is 2.44. The van der Waals surface area contributed by atoms with Crippen LogP contribution in [0.5, 0.6) is 0 Å². The van der Waals surface area contributed by atoms with Gasteiger partial charge in [0.05, 0.1) is 6.42 Å². The van der Waals surface area contributed by atoms with Gasteiger partial charge in [-0.15, -0.1) is 0 Å². The Morgan fingerprint density at radius 3 is 2.21 bits per heavy atom. The number of carbonyl (C=O) groups excluding carboxylic acids is 2. The van der Waals surface area contributed by atoms with E-state index in [1.165, 1.54) is 0 Å². The van der Waals surface area contributed by atoms with Crippen molar-refractivity contribution in [1.29, 1.82) is 0 Å². The maximum Gasteiger partial charge on any atom is 0.407 e. The lowest BCUT2D eigenvalue weighted by molar-refractivity contribution is -0.142. The van der Waals surface area contributed by atoms with Gasteiger partial charge in [0.15, 0.2) is 0 Å². The number of carbonyl (C=O) groups is 3. The molecule has 0 spiro atoms. The lowest BCUT2D eigenvalue weighted by Gasteiger charge is -2.33. The second-order valence-electron chi connectivity index (χ2n) is 8.60. The Hall–Kier alpha value is -3.00. The van der Waals surface area contributed by atoms with Crippen LogP contribution in [0.25, 0.3) is 11.1 Å². The number of rotatable bonds is 8. The monoisotopic (exact) mass is 482 g/mol. The Morgan fingerprint density at radius 1 is 1.06 bits per heavy atom. The van der Waals surface area contributed by atoms with Crippen LogP contribution in [0.1, 0.15) is 43.2 Å². The van der Waals surface area contributed by atoms with Gasteiger partial charge in [0.2, 0.25) is 5.91 Å². The predicted octanol–water partition coefficient (Wildman–Crippen LogP) is 4.11. The van der Waals surface area contributed by atoms with Crippen LogP contribution in [-0.4, -0.2) is 64.7 Å². The zero-order chi connectivity index (χ0) is 24.1. The summed E-state index contributed by atoms with van der Waals surface area (Å²) < 4.78 is 5.52. The van der Waals surface area contributed by atoms with Crippen LogP contribution < -0.4 is 5.32 Å². The quantitative estimate of drug-likeness (QED) is 0.588. The van der Waals surface area contributed by atoms with E-state index in [-0.39, 0.29) is 18.4 Å². The van der Waals surface area contributed by atoms with E-state index in [4.69, 9.17) is 4.74 Å². The van der Waals surface area contributed by atoms with Crippen molar-refractivity contribution in [3.8, 4) is 11.1 Å². The molecule has 1 aliphatic carbocycles. The molecule has 2 aliphatic rings. The molecule has 1 heterocycles. The van der Waals surface area contributed by atoms with Gasteiger partial charge in [-0.25, -0.2) is 4.79 Å². The number of aliphatic carboxylic acids is 1. The van der Waals surface area contributed by atoms with Crippen molar-refractivity contribution in [2.45, 2.75) is 43.4 Å². The summed E-state index contributed by atoms with van der Waals surface area (Å²) in [6.07, 6.45) is 0.481. The number of piperidine rings is 1. The molecule has 0 saturated carbocycles. The first kappa shape index (κ1) is 24.1. The number of amides is 2. The lowest BCUT2D eigenvalue weighted by Crippen LogP contribution is -2.52. The zero-order valence-electron chi connectivity index (χ0n) is 19.2. The Kier molecular flexibility index (Phi) is 7.77. The number of nitrogens with one attached hydrogen (secondary N) is 1. The largest absolute Gasteiger partial charge is 0.481 e. The van der Waals surface area contributed by atoms with E-state index in [0.717, 1.165) is 40.8 Å². The van der Waals surface area contributed by atoms with Gasteiger partial charge in [-0.05, 0) is 40.8 Å². The minimum Gasteiger partial charge on any atom is -0.481 e. The average molecular weight is 483 g/mol. The van der Waals surface area contributed by atoms with Gasteiger partial charge < -0.3 is 20.1 Å². The molecule has 2 aromatic carbocycles. The molecule has 1 fully saturated rings. The summed E-state index contributed by atoms with van der Waals surface area (Å²) in [5, 5.41) is 12.3. The molecule has 0 bridgehead atoms. The molecule has 180 valence electrons. The van der Waals surface area contributed by atoms with Crippen molar-refractivity contribution >= 4 is 29.7 Å². The molecule has 8 heteroatoms. The minimum atomic E-state index is -1.15. The molecule has 1 unspecified atom stereocenters. The first-order valence-electron chi connectivity index (χ1n) is 11.7. The molecule has 1 saturated heterocycles. The van der Waals surface area contributed by atoms with Crippen LogP contribution in [0.4, 0.5) is 4.79 Å². The molecule has 2 aromatic rings. The summed E-state index contributed by atoms with van der Waals surface area (Å²) in [6, 6.07) is 14.9. The topological polar surface area (TPSA) is 95.9 Å². The number of fused-ring (bicyclic) bond motifs is 3. The lowest BCUT2D eigenvalue weighted by atomic mass is 9.98. The van der Waals surface area contributed by atoms with E-state index in [1.807, 2.05) is 48.2 Å². The van der Waals surface area contributed by atoms with Gasteiger partial charge in [0, 0.05) is 24.3 Å². The number of nitrogens with zero attached hydrogens (tertiary/aromatic N) is 1. The summed E-state index contributed by atoms with van der Waals surface area (Å²) in [5.41, 5.74) is 4.41. The molecule has 2 amide bonds. The Labute approximate surface area is 203 Å². The average Bonchev–Trinajstić information content (AvgIpc) is 3.16. The zero-order valence-corrected chi connectivity index (χ0v) is 20.1. The second kappa shape index (κ2) is 11.0. The minimum absolute atomic E-state index is 0.105. The highest BCUT2D eigenvalue weighted by atomic mass is 32.2. The summed E-state index contributed by atoms with van der Waals surface area (Å²) in [7, 11) is 0. The third kappa shape index (κ3) is 5.38. The highest BCUT2D eigenvalue weighted by molar-refractivity contribution is 7.99. The van der Waals surface area contributed by atoms with Crippen molar-refractivity contribution < 1.29 is 24.2 Å². The molecule has 2 N–H and O–H groups in total. The third-order valence-electron chi connectivity index (χ3n) is 6.47. The van der Waals surface area contributed by atoms with Crippen molar-refractivity contribution in [3.63, 3.8) is 0 Å².